The van der Waals surface area contributed by atoms with Crippen LogP contribution < -0.4 is 11.2 Å². The van der Waals surface area contributed by atoms with E-state index in [0.717, 1.165) is 0 Å². The van der Waals surface area contributed by atoms with Gasteiger partial charge in [-0.25, -0.2) is 5.48 Å². The van der Waals surface area contributed by atoms with E-state index in [1.165, 1.54) is 0 Å². The molecule has 6 nitrogen and oxygen atoms in total. The Balaban J connectivity index is 4.69. The van der Waals surface area contributed by atoms with Crippen LogP contribution in [0, 0.1) is 0 Å². The van der Waals surface area contributed by atoms with Gasteiger partial charge in [0.05, 0.1) is 5.60 Å². The molecule has 0 spiro atoms. The molecule has 0 aliphatic heterocycles. The van der Waals surface area contributed by atoms with Crippen molar-refractivity contribution in [1.82, 2.24) is 5.48 Å². The van der Waals surface area contributed by atoms with Gasteiger partial charge < -0.3 is 5.73 Å². The summed E-state index contributed by atoms with van der Waals surface area (Å²) in [5.41, 5.74) is 0.451. The molecule has 0 aromatic rings. The standard InChI is InChI=1S/C6H12F3N3O3S/c1-5(2,3)15-11-4(10)12-16(13,14)6(7,8)9/h1-3H3,(H3,10,11,12). The summed E-state index contributed by atoms with van der Waals surface area (Å²) in [6.07, 6.45) is 0. The first kappa shape index (κ1) is 15.0. The molecule has 0 aromatic carbocycles. The third kappa shape index (κ3) is 5.16. The summed E-state index contributed by atoms with van der Waals surface area (Å²) in [5, 5.41) is 0. The molecule has 0 heterocycles. The molecule has 96 valence electrons. The van der Waals surface area contributed by atoms with Gasteiger partial charge in [-0.1, -0.05) is 0 Å². The second kappa shape index (κ2) is 4.45. The minimum absolute atomic E-state index is 0.762. The van der Waals surface area contributed by atoms with E-state index >= 15 is 0 Å². The maximum Gasteiger partial charge on any atom is 0.518 e. The van der Waals surface area contributed by atoms with E-state index in [4.69, 9.17) is 10.6 Å². The summed E-state index contributed by atoms with van der Waals surface area (Å²) in [5.74, 6) is -0.993. The Kier molecular flexibility index (Phi) is 4.17. The van der Waals surface area contributed by atoms with Gasteiger partial charge >= 0.3 is 15.5 Å². The second-order valence-corrected chi connectivity index (χ2v) is 5.31. The lowest BCUT2D eigenvalue weighted by Crippen LogP contribution is -2.39. The van der Waals surface area contributed by atoms with Gasteiger partial charge in [0, 0.05) is 0 Å². The molecule has 16 heavy (non-hydrogen) atoms. The van der Waals surface area contributed by atoms with Gasteiger partial charge in [0.2, 0.25) is 5.96 Å². The monoisotopic (exact) mass is 263 g/mol. The van der Waals surface area contributed by atoms with Crippen molar-refractivity contribution in [3.05, 3.63) is 0 Å². The van der Waals surface area contributed by atoms with Crippen LogP contribution in [0.3, 0.4) is 0 Å². The van der Waals surface area contributed by atoms with Crippen LogP contribution in [0.25, 0.3) is 0 Å². The molecule has 0 aliphatic rings. The predicted octanol–water partition coefficient (Wildman–Crippen LogP) is 0.470. The molecule has 0 aliphatic carbocycles. The van der Waals surface area contributed by atoms with E-state index in [2.05, 4.69) is 4.40 Å². The van der Waals surface area contributed by atoms with E-state index in [0.29, 0.717) is 0 Å². The van der Waals surface area contributed by atoms with Crippen molar-refractivity contribution in [1.29, 1.82) is 0 Å². The first-order chi connectivity index (χ1) is 6.85. The Hall–Kier alpha value is -1.03. The number of rotatable bonds is 2. The van der Waals surface area contributed by atoms with Crippen LogP contribution in [0.1, 0.15) is 20.8 Å². The molecular weight excluding hydrogens is 251 g/mol. The van der Waals surface area contributed by atoms with Gasteiger partial charge in [-0.15, -0.1) is 4.40 Å². The molecule has 0 aromatic heterocycles. The minimum Gasteiger partial charge on any atom is -0.367 e. The first-order valence-corrected chi connectivity index (χ1v) is 5.40. The van der Waals surface area contributed by atoms with E-state index in [-0.39, 0.29) is 0 Å². The molecule has 0 unspecified atom stereocenters. The number of halogens is 3. The maximum atomic E-state index is 11.8. The normalized spacial score (nSPS) is 15.0. The highest BCUT2D eigenvalue weighted by molar-refractivity contribution is 7.91. The zero-order chi connectivity index (χ0) is 13.2. The number of nitrogens with two attached hydrogens (primary N) is 1. The Bertz CT molecular complexity index is 369. The Morgan fingerprint density at radius 2 is 1.75 bits per heavy atom. The van der Waals surface area contributed by atoms with Crippen molar-refractivity contribution in [3.8, 4) is 0 Å². The van der Waals surface area contributed by atoms with E-state index < -0.39 is 27.1 Å². The molecular formula is C6H12F3N3O3S. The topological polar surface area (TPSA) is 93.8 Å². The minimum atomic E-state index is -5.64. The maximum absolute atomic E-state index is 11.8. The molecule has 0 saturated heterocycles. The number of hydrogen-bond acceptors (Lipinski definition) is 3. The summed E-state index contributed by atoms with van der Waals surface area (Å²) >= 11 is 0. The quantitative estimate of drug-likeness (QED) is 0.429. The average Bonchev–Trinajstić information content (AvgIpc) is 1.96. The van der Waals surface area contributed by atoms with Gasteiger partial charge in [0.1, 0.15) is 0 Å². The van der Waals surface area contributed by atoms with Crippen LogP contribution in [0.2, 0.25) is 0 Å². The number of hydroxylamine groups is 1. The van der Waals surface area contributed by atoms with E-state index in [1.54, 1.807) is 26.3 Å². The fourth-order valence-electron chi connectivity index (χ4n) is 0.405. The van der Waals surface area contributed by atoms with Crippen LogP contribution in [0.4, 0.5) is 13.2 Å². The van der Waals surface area contributed by atoms with Gasteiger partial charge in [0.25, 0.3) is 0 Å². The lowest BCUT2D eigenvalue weighted by atomic mass is 10.2. The van der Waals surface area contributed by atoms with Crippen LogP contribution in [0.5, 0.6) is 0 Å². The summed E-state index contributed by atoms with van der Waals surface area (Å²) in [6.45, 7) is 4.72. The van der Waals surface area contributed by atoms with Crippen molar-refractivity contribution in [2.45, 2.75) is 31.9 Å². The summed E-state index contributed by atoms with van der Waals surface area (Å²) in [4.78, 5) is 4.71. The van der Waals surface area contributed by atoms with Gasteiger partial charge in [-0.05, 0) is 20.8 Å². The molecule has 0 fully saturated rings. The molecule has 0 saturated carbocycles. The highest BCUT2D eigenvalue weighted by Gasteiger charge is 2.46. The zero-order valence-corrected chi connectivity index (χ0v) is 9.61. The van der Waals surface area contributed by atoms with Crippen molar-refractivity contribution in [2.75, 3.05) is 0 Å². The van der Waals surface area contributed by atoms with Crippen LogP contribution in [-0.2, 0) is 14.9 Å². The number of sulfonamides is 1. The molecule has 0 amide bonds. The van der Waals surface area contributed by atoms with E-state index in [9.17, 15) is 21.6 Å². The third-order valence-corrected chi connectivity index (χ3v) is 1.99. The highest BCUT2D eigenvalue weighted by Crippen LogP contribution is 2.24. The number of nitrogens with zero attached hydrogens (tertiary/aromatic N) is 1. The Morgan fingerprint density at radius 3 is 2.06 bits per heavy atom. The van der Waals surface area contributed by atoms with Crippen LogP contribution >= 0.6 is 0 Å². The fourth-order valence-corrected chi connectivity index (χ4v) is 0.805. The molecule has 0 radical (unpaired) electrons. The molecule has 0 atom stereocenters. The number of guanidine groups is 1. The van der Waals surface area contributed by atoms with Crippen molar-refractivity contribution < 1.29 is 26.4 Å². The Labute approximate surface area is 90.7 Å². The number of hydrogen-bond donors (Lipinski definition) is 2. The summed E-state index contributed by atoms with van der Waals surface area (Å²) in [6, 6.07) is 0. The summed E-state index contributed by atoms with van der Waals surface area (Å²) in [7, 11) is -5.64. The van der Waals surface area contributed by atoms with Gasteiger partial charge in [-0.2, -0.15) is 21.6 Å². The van der Waals surface area contributed by atoms with Gasteiger partial charge in [-0.3, -0.25) is 4.84 Å². The number of nitrogens with one attached hydrogen (secondary N) is 1. The lowest BCUT2D eigenvalue weighted by Gasteiger charge is -2.19. The highest BCUT2D eigenvalue weighted by atomic mass is 32.2. The summed E-state index contributed by atoms with van der Waals surface area (Å²) < 4.78 is 58.8. The van der Waals surface area contributed by atoms with Crippen LogP contribution in [-0.4, -0.2) is 25.5 Å². The smallest absolute Gasteiger partial charge is 0.367 e. The zero-order valence-electron chi connectivity index (χ0n) is 8.79. The van der Waals surface area contributed by atoms with Crippen molar-refractivity contribution in [3.63, 3.8) is 0 Å². The first-order valence-electron chi connectivity index (χ1n) is 3.96. The third-order valence-electron chi connectivity index (χ3n) is 0.973. The fraction of sp³-hybridized carbons (Fsp3) is 0.833. The average molecular weight is 263 g/mol. The van der Waals surface area contributed by atoms with Crippen LogP contribution in [0.15, 0.2) is 4.40 Å². The van der Waals surface area contributed by atoms with Crippen molar-refractivity contribution in [2.24, 2.45) is 10.1 Å². The SMILES string of the molecule is CC(C)(C)ONC(N)=NS(=O)(=O)C(F)(F)F. The molecule has 0 rings (SSSR count). The Morgan fingerprint density at radius 1 is 1.31 bits per heavy atom. The molecule has 0 bridgehead atoms. The molecule has 3 N–H and O–H groups in total. The van der Waals surface area contributed by atoms with E-state index in [1.807, 2.05) is 0 Å². The lowest BCUT2D eigenvalue weighted by molar-refractivity contribution is -0.0451. The predicted molar refractivity (Wildman–Crippen MR) is 50.6 cm³/mol. The largest absolute Gasteiger partial charge is 0.518 e. The van der Waals surface area contributed by atoms with Gasteiger partial charge in [0.15, 0.2) is 0 Å². The van der Waals surface area contributed by atoms with Crippen molar-refractivity contribution >= 4 is 16.0 Å². The second-order valence-electron chi connectivity index (χ2n) is 3.71. The molecule has 10 heteroatoms. The number of alkyl halides is 3.